The number of hydrogen-bond donors (Lipinski definition) is 0. The molecule has 2 atom stereocenters. The zero-order chi connectivity index (χ0) is 9.90. The summed E-state index contributed by atoms with van der Waals surface area (Å²) in [7, 11) is 0. The summed E-state index contributed by atoms with van der Waals surface area (Å²) in [6, 6.07) is 0. The lowest BCUT2D eigenvalue weighted by atomic mass is 9.91. The van der Waals surface area contributed by atoms with Gasteiger partial charge in [0.2, 0.25) is 0 Å². The van der Waals surface area contributed by atoms with E-state index in [0.717, 1.165) is 19.4 Å². The van der Waals surface area contributed by atoms with E-state index in [4.69, 9.17) is 0 Å². The molecule has 0 aromatic rings. The van der Waals surface area contributed by atoms with Gasteiger partial charge in [0, 0.05) is 12.1 Å². The van der Waals surface area contributed by atoms with Gasteiger partial charge >= 0.3 is 0 Å². The molecule has 0 saturated carbocycles. The summed E-state index contributed by atoms with van der Waals surface area (Å²) in [5.41, 5.74) is 0.277. The predicted octanol–water partition coefficient (Wildman–Crippen LogP) is 3.00. The van der Waals surface area contributed by atoms with Gasteiger partial charge in [-0.15, -0.1) is 0 Å². The highest BCUT2D eigenvalue weighted by molar-refractivity contribution is 5.02. The van der Waals surface area contributed by atoms with Crippen LogP contribution in [0.15, 0.2) is 0 Å². The minimum atomic E-state index is -0.546. The van der Waals surface area contributed by atoms with Crippen LogP contribution < -0.4 is 0 Å². The van der Waals surface area contributed by atoms with Gasteiger partial charge in [-0.1, -0.05) is 20.8 Å². The summed E-state index contributed by atoms with van der Waals surface area (Å²) in [5.74, 6) is 0. The van der Waals surface area contributed by atoms with Crippen LogP contribution in [0.4, 0.5) is 4.39 Å². The summed E-state index contributed by atoms with van der Waals surface area (Å²) in [5, 5.41) is 0. The standard InChI is InChI=1S/C9H16FN.C2H6/c1-2-9-4-3-5-11(9)7-8(10)6-9;1-2/h8H,2-7H2,1H3;1-2H3/t8-,9+;/m1./s1. The zero-order valence-corrected chi connectivity index (χ0v) is 9.15. The van der Waals surface area contributed by atoms with Crippen LogP contribution in [-0.2, 0) is 0 Å². The largest absolute Gasteiger partial charge is 0.295 e. The van der Waals surface area contributed by atoms with Crippen LogP contribution >= 0.6 is 0 Å². The molecule has 2 rings (SSSR count). The maximum absolute atomic E-state index is 13.0. The van der Waals surface area contributed by atoms with Crippen LogP contribution in [0, 0.1) is 0 Å². The molecule has 0 aromatic heterocycles. The van der Waals surface area contributed by atoms with Gasteiger partial charge < -0.3 is 0 Å². The van der Waals surface area contributed by atoms with Crippen LogP contribution in [0.1, 0.15) is 46.5 Å². The Labute approximate surface area is 81.3 Å². The maximum Gasteiger partial charge on any atom is 0.115 e. The molecule has 0 spiro atoms. The fourth-order valence-corrected chi connectivity index (χ4v) is 2.77. The molecule has 0 unspecified atom stereocenters. The molecule has 2 saturated heterocycles. The Morgan fingerprint density at radius 1 is 1.46 bits per heavy atom. The van der Waals surface area contributed by atoms with Crippen molar-refractivity contribution in [2.75, 3.05) is 13.1 Å². The Morgan fingerprint density at radius 3 is 2.69 bits per heavy atom. The molecule has 0 aromatic carbocycles. The van der Waals surface area contributed by atoms with E-state index in [1.807, 2.05) is 13.8 Å². The lowest BCUT2D eigenvalue weighted by molar-refractivity contribution is 0.189. The summed E-state index contributed by atoms with van der Waals surface area (Å²) in [6.07, 6.45) is 3.89. The lowest BCUT2D eigenvalue weighted by Gasteiger charge is -2.29. The first-order valence-electron chi connectivity index (χ1n) is 5.66. The van der Waals surface area contributed by atoms with Crippen LogP contribution in [0.5, 0.6) is 0 Å². The first-order valence-corrected chi connectivity index (χ1v) is 5.66. The second-order valence-electron chi connectivity index (χ2n) is 3.93. The van der Waals surface area contributed by atoms with Crippen LogP contribution in [0.3, 0.4) is 0 Å². The van der Waals surface area contributed by atoms with E-state index in [2.05, 4.69) is 11.8 Å². The SMILES string of the molecule is CC.CC[C@@]12CCCN1C[C@H](F)C2. The topological polar surface area (TPSA) is 3.24 Å². The molecule has 0 amide bonds. The molecule has 0 bridgehead atoms. The van der Waals surface area contributed by atoms with Gasteiger partial charge in [0.1, 0.15) is 6.17 Å². The predicted molar refractivity (Wildman–Crippen MR) is 54.7 cm³/mol. The minimum absolute atomic E-state index is 0.277. The summed E-state index contributed by atoms with van der Waals surface area (Å²) < 4.78 is 13.0. The number of fused-ring (bicyclic) bond motifs is 1. The molecular weight excluding hydrogens is 165 g/mol. The van der Waals surface area contributed by atoms with E-state index in [0.29, 0.717) is 6.54 Å². The van der Waals surface area contributed by atoms with Crippen molar-refractivity contribution >= 4 is 0 Å². The minimum Gasteiger partial charge on any atom is -0.295 e. The number of alkyl halides is 1. The molecule has 0 aliphatic carbocycles. The highest BCUT2D eigenvalue weighted by atomic mass is 19.1. The van der Waals surface area contributed by atoms with Gasteiger partial charge in [0.25, 0.3) is 0 Å². The van der Waals surface area contributed by atoms with Crippen molar-refractivity contribution in [1.29, 1.82) is 0 Å². The molecule has 2 aliphatic rings. The van der Waals surface area contributed by atoms with E-state index >= 15 is 0 Å². The Balaban J connectivity index is 0.000000396. The van der Waals surface area contributed by atoms with Gasteiger partial charge in [-0.25, -0.2) is 4.39 Å². The Hall–Kier alpha value is -0.110. The first-order chi connectivity index (χ1) is 6.27. The van der Waals surface area contributed by atoms with Gasteiger partial charge in [-0.2, -0.15) is 0 Å². The second-order valence-corrected chi connectivity index (χ2v) is 3.93. The molecule has 2 heteroatoms. The van der Waals surface area contributed by atoms with E-state index in [1.165, 1.54) is 12.8 Å². The molecular formula is C11H22FN. The summed E-state index contributed by atoms with van der Waals surface area (Å²) in [4.78, 5) is 2.36. The third-order valence-corrected chi connectivity index (χ3v) is 3.42. The highest BCUT2D eigenvalue weighted by Gasteiger charge is 2.46. The molecule has 2 fully saturated rings. The lowest BCUT2D eigenvalue weighted by Crippen LogP contribution is -2.37. The fourth-order valence-electron chi connectivity index (χ4n) is 2.77. The number of rotatable bonds is 1. The van der Waals surface area contributed by atoms with Crippen LogP contribution in [0.2, 0.25) is 0 Å². The first kappa shape index (κ1) is 11.0. The summed E-state index contributed by atoms with van der Waals surface area (Å²) in [6.45, 7) is 8.03. The number of hydrogen-bond acceptors (Lipinski definition) is 1. The third kappa shape index (κ3) is 1.88. The number of nitrogens with zero attached hydrogens (tertiary/aromatic N) is 1. The average molecular weight is 187 g/mol. The molecule has 2 heterocycles. The molecule has 1 nitrogen and oxygen atoms in total. The van der Waals surface area contributed by atoms with E-state index < -0.39 is 6.17 Å². The Kier molecular flexibility index (Phi) is 3.72. The van der Waals surface area contributed by atoms with Crippen molar-refractivity contribution in [3.63, 3.8) is 0 Å². The van der Waals surface area contributed by atoms with E-state index in [9.17, 15) is 4.39 Å². The van der Waals surface area contributed by atoms with Gasteiger partial charge in [-0.05, 0) is 32.2 Å². The van der Waals surface area contributed by atoms with Crippen LogP contribution in [0.25, 0.3) is 0 Å². The molecule has 78 valence electrons. The molecule has 13 heavy (non-hydrogen) atoms. The Bertz CT molecular complexity index is 160. The molecule has 0 N–H and O–H groups in total. The van der Waals surface area contributed by atoms with Crippen LogP contribution in [-0.4, -0.2) is 29.7 Å². The van der Waals surface area contributed by atoms with Crippen molar-refractivity contribution in [3.05, 3.63) is 0 Å². The average Bonchev–Trinajstić information content (AvgIpc) is 2.64. The smallest absolute Gasteiger partial charge is 0.115 e. The van der Waals surface area contributed by atoms with Gasteiger partial charge in [-0.3, -0.25) is 4.90 Å². The number of halogens is 1. The Morgan fingerprint density at radius 2 is 2.15 bits per heavy atom. The van der Waals surface area contributed by atoms with Crippen molar-refractivity contribution in [1.82, 2.24) is 4.90 Å². The third-order valence-electron chi connectivity index (χ3n) is 3.42. The van der Waals surface area contributed by atoms with E-state index in [1.54, 1.807) is 0 Å². The van der Waals surface area contributed by atoms with Crippen molar-refractivity contribution < 1.29 is 4.39 Å². The van der Waals surface area contributed by atoms with Crippen molar-refractivity contribution in [3.8, 4) is 0 Å². The normalized spacial score (nSPS) is 38.3. The zero-order valence-electron chi connectivity index (χ0n) is 9.15. The van der Waals surface area contributed by atoms with E-state index in [-0.39, 0.29) is 5.54 Å². The molecule has 2 aliphatic heterocycles. The van der Waals surface area contributed by atoms with Crippen molar-refractivity contribution in [2.45, 2.75) is 58.2 Å². The monoisotopic (exact) mass is 187 g/mol. The van der Waals surface area contributed by atoms with Gasteiger partial charge in [0.15, 0.2) is 0 Å². The highest BCUT2D eigenvalue weighted by Crippen LogP contribution is 2.41. The maximum atomic E-state index is 13.0. The second kappa shape index (κ2) is 4.41. The quantitative estimate of drug-likeness (QED) is 0.610. The molecule has 0 radical (unpaired) electrons. The van der Waals surface area contributed by atoms with Gasteiger partial charge in [0.05, 0.1) is 0 Å². The fraction of sp³-hybridized carbons (Fsp3) is 1.00. The van der Waals surface area contributed by atoms with Crippen molar-refractivity contribution in [2.24, 2.45) is 0 Å². The summed E-state index contributed by atoms with van der Waals surface area (Å²) >= 11 is 0.